The summed E-state index contributed by atoms with van der Waals surface area (Å²) in [5, 5.41) is 3.52. The number of halogens is 1. The van der Waals surface area contributed by atoms with Crippen molar-refractivity contribution in [1.82, 2.24) is 20.0 Å². The van der Waals surface area contributed by atoms with Crippen LogP contribution in [0.25, 0.3) is 0 Å². The number of carbonyl (C=O) groups is 1. The zero-order valence-electron chi connectivity index (χ0n) is 19.0. The quantitative estimate of drug-likeness (QED) is 0.314. The third kappa shape index (κ3) is 6.20. The lowest BCUT2D eigenvalue weighted by Crippen LogP contribution is -2.56. The van der Waals surface area contributed by atoms with Crippen molar-refractivity contribution in [2.24, 2.45) is 4.99 Å². The molecule has 0 bridgehead atoms. The fraction of sp³-hybridized carbons (Fsp3) is 0.909. The van der Waals surface area contributed by atoms with Crippen LogP contribution < -0.4 is 5.32 Å². The first-order valence-electron chi connectivity index (χ1n) is 12.0. The normalized spacial score (nSPS) is 27.3. The van der Waals surface area contributed by atoms with Crippen molar-refractivity contribution in [2.45, 2.75) is 57.1 Å². The first-order chi connectivity index (χ1) is 14.7. The molecule has 7 nitrogen and oxygen atoms in total. The van der Waals surface area contributed by atoms with E-state index in [1.807, 2.05) is 4.90 Å². The summed E-state index contributed by atoms with van der Waals surface area (Å²) in [6, 6.07) is 0. The Morgan fingerprint density at radius 1 is 1.06 bits per heavy atom. The molecule has 4 fully saturated rings. The first-order valence-corrected chi connectivity index (χ1v) is 13.1. The minimum atomic E-state index is -0.205. The summed E-state index contributed by atoms with van der Waals surface area (Å²) in [6.45, 7) is 10.3. The Balaban J connectivity index is 0.00000272. The highest BCUT2D eigenvalue weighted by Crippen LogP contribution is 2.37. The lowest BCUT2D eigenvalue weighted by molar-refractivity contribution is -0.142. The molecule has 0 radical (unpaired) electrons. The van der Waals surface area contributed by atoms with E-state index in [0.29, 0.717) is 0 Å². The van der Waals surface area contributed by atoms with Crippen molar-refractivity contribution in [2.75, 3.05) is 70.5 Å². The van der Waals surface area contributed by atoms with Gasteiger partial charge in [0.15, 0.2) is 5.96 Å². The molecule has 31 heavy (non-hydrogen) atoms. The minimum Gasteiger partial charge on any atom is -0.368 e. The molecule has 4 rings (SSSR count). The van der Waals surface area contributed by atoms with E-state index in [9.17, 15) is 4.79 Å². The van der Waals surface area contributed by atoms with Crippen molar-refractivity contribution < 1.29 is 9.53 Å². The van der Waals surface area contributed by atoms with E-state index in [4.69, 9.17) is 9.73 Å². The van der Waals surface area contributed by atoms with Gasteiger partial charge in [0.05, 0.1) is 6.54 Å². The molecule has 3 saturated heterocycles. The second-order valence-corrected chi connectivity index (χ2v) is 10.2. The number of rotatable bonds is 5. The van der Waals surface area contributed by atoms with Crippen LogP contribution in [-0.2, 0) is 9.53 Å². The van der Waals surface area contributed by atoms with E-state index >= 15 is 0 Å². The average Bonchev–Trinajstić information content (AvgIpc) is 3.50. The van der Waals surface area contributed by atoms with E-state index in [-0.39, 0.29) is 41.5 Å². The molecule has 3 heterocycles. The Kier molecular flexibility index (Phi) is 10.0. The molecule has 0 aromatic rings. The van der Waals surface area contributed by atoms with E-state index in [0.717, 1.165) is 64.7 Å². The van der Waals surface area contributed by atoms with Gasteiger partial charge < -0.3 is 19.9 Å². The van der Waals surface area contributed by atoms with Gasteiger partial charge in [-0.2, -0.15) is 11.8 Å². The summed E-state index contributed by atoms with van der Waals surface area (Å²) >= 11 is 2.08. The predicted molar refractivity (Wildman–Crippen MR) is 139 cm³/mol. The average molecular weight is 566 g/mol. The summed E-state index contributed by atoms with van der Waals surface area (Å²) in [5.41, 5.74) is 0.263. The molecule has 178 valence electrons. The highest BCUT2D eigenvalue weighted by atomic mass is 127. The standard InChI is InChI=1S/C22H39N5O2S.HI/c1-2-23-21(24-18-22(7-3-4-8-22)27-13-16-30-17-14-27)26-11-9-25(10-12-26)20(28)19-6-5-15-29-19;/h19H,2-18H2,1H3,(H,23,24);1H. The first kappa shape index (κ1) is 25.4. The molecule has 0 aromatic heterocycles. The van der Waals surface area contributed by atoms with E-state index < -0.39 is 0 Å². The summed E-state index contributed by atoms with van der Waals surface area (Å²) in [5.74, 6) is 3.72. The second-order valence-electron chi connectivity index (χ2n) is 9.02. The Bertz CT molecular complexity index is 597. The molecule has 1 saturated carbocycles. The van der Waals surface area contributed by atoms with Crippen molar-refractivity contribution in [3.63, 3.8) is 0 Å². The van der Waals surface area contributed by atoms with Crippen LogP contribution in [0.15, 0.2) is 4.99 Å². The predicted octanol–water partition coefficient (Wildman–Crippen LogP) is 2.25. The van der Waals surface area contributed by atoms with Crippen molar-refractivity contribution in [1.29, 1.82) is 0 Å². The van der Waals surface area contributed by atoms with Crippen LogP contribution in [0.2, 0.25) is 0 Å². The molecular formula is C22H40IN5O2S. The number of amides is 1. The zero-order valence-corrected chi connectivity index (χ0v) is 22.2. The highest BCUT2D eigenvalue weighted by molar-refractivity contribution is 14.0. The van der Waals surface area contributed by atoms with Crippen LogP contribution in [-0.4, -0.2) is 109 Å². The van der Waals surface area contributed by atoms with Gasteiger partial charge in [-0.05, 0) is 32.6 Å². The molecule has 1 atom stereocenters. The number of thioether (sulfide) groups is 1. The van der Waals surface area contributed by atoms with Crippen LogP contribution in [0.5, 0.6) is 0 Å². The number of guanidine groups is 1. The summed E-state index contributed by atoms with van der Waals surface area (Å²) < 4.78 is 5.60. The monoisotopic (exact) mass is 565 g/mol. The van der Waals surface area contributed by atoms with Gasteiger partial charge in [-0.25, -0.2) is 0 Å². The zero-order chi connectivity index (χ0) is 20.8. The maximum absolute atomic E-state index is 12.6. The van der Waals surface area contributed by atoms with Crippen molar-refractivity contribution in [3.8, 4) is 0 Å². The fourth-order valence-electron chi connectivity index (χ4n) is 5.41. The Labute approximate surface area is 209 Å². The Morgan fingerprint density at radius 2 is 1.74 bits per heavy atom. The van der Waals surface area contributed by atoms with Crippen LogP contribution >= 0.6 is 35.7 Å². The molecule has 1 N–H and O–H groups in total. The maximum Gasteiger partial charge on any atom is 0.251 e. The van der Waals surface area contributed by atoms with Gasteiger partial charge in [-0.1, -0.05) is 12.8 Å². The van der Waals surface area contributed by atoms with Gasteiger partial charge in [0, 0.05) is 69.5 Å². The summed E-state index contributed by atoms with van der Waals surface area (Å²) in [7, 11) is 0. The molecule has 1 amide bonds. The second kappa shape index (κ2) is 12.3. The number of nitrogens with zero attached hydrogens (tertiary/aromatic N) is 4. The van der Waals surface area contributed by atoms with Gasteiger partial charge in [-0.15, -0.1) is 24.0 Å². The van der Waals surface area contributed by atoms with E-state index in [1.165, 1.54) is 50.3 Å². The fourth-order valence-corrected chi connectivity index (χ4v) is 6.31. The van der Waals surface area contributed by atoms with Crippen LogP contribution in [0, 0.1) is 0 Å². The molecule has 0 spiro atoms. The lowest BCUT2D eigenvalue weighted by Gasteiger charge is -2.43. The van der Waals surface area contributed by atoms with E-state index in [1.54, 1.807) is 0 Å². The number of piperazine rings is 1. The Morgan fingerprint density at radius 3 is 2.35 bits per heavy atom. The lowest BCUT2D eigenvalue weighted by atomic mass is 9.95. The Hall–Kier alpha value is -0.260. The highest BCUT2D eigenvalue weighted by Gasteiger charge is 2.40. The molecule has 4 aliphatic rings. The number of nitrogens with one attached hydrogen (secondary N) is 1. The number of carbonyl (C=O) groups excluding carboxylic acids is 1. The summed E-state index contributed by atoms with van der Waals surface area (Å²) in [4.78, 5) is 24.9. The largest absolute Gasteiger partial charge is 0.368 e. The molecular weight excluding hydrogens is 525 g/mol. The minimum absolute atomic E-state index is 0. The smallest absolute Gasteiger partial charge is 0.251 e. The molecule has 3 aliphatic heterocycles. The van der Waals surface area contributed by atoms with E-state index in [2.05, 4.69) is 33.8 Å². The molecule has 9 heteroatoms. The van der Waals surface area contributed by atoms with Gasteiger partial charge in [0.1, 0.15) is 6.10 Å². The molecule has 1 unspecified atom stereocenters. The number of hydrogen-bond donors (Lipinski definition) is 1. The van der Waals surface area contributed by atoms with Gasteiger partial charge in [0.25, 0.3) is 5.91 Å². The van der Waals surface area contributed by atoms with Gasteiger partial charge >= 0.3 is 0 Å². The third-order valence-corrected chi connectivity index (χ3v) is 8.11. The summed E-state index contributed by atoms with van der Waals surface area (Å²) in [6.07, 6.45) is 6.91. The third-order valence-electron chi connectivity index (χ3n) is 7.17. The van der Waals surface area contributed by atoms with Crippen LogP contribution in [0.1, 0.15) is 45.4 Å². The molecule has 1 aliphatic carbocycles. The van der Waals surface area contributed by atoms with Crippen molar-refractivity contribution >= 4 is 47.6 Å². The number of hydrogen-bond acceptors (Lipinski definition) is 5. The molecule has 0 aromatic carbocycles. The maximum atomic E-state index is 12.6. The van der Waals surface area contributed by atoms with Crippen LogP contribution in [0.3, 0.4) is 0 Å². The van der Waals surface area contributed by atoms with Crippen molar-refractivity contribution in [3.05, 3.63) is 0 Å². The SMILES string of the molecule is CCNC(=NCC1(N2CCSCC2)CCCC1)N1CCN(C(=O)C2CCCO2)CC1.I. The van der Waals surface area contributed by atoms with Gasteiger partial charge in [-0.3, -0.25) is 14.7 Å². The van der Waals surface area contributed by atoms with Crippen LogP contribution in [0.4, 0.5) is 0 Å². The van der Waals surface area contributed by atoms with Gasteiger partial charge in [0.2, 0.25) is 0 Å². The number of ether oxygens (including phenoxy) is 1. The number of aliphatic imine (C=N–C) groups is 1. The topological polar surface area (TPSA) is 60.4 Å².